The number of tetrazole rings is 1. The molecule has 0 aliphatic heterocycles. The van der Waals surface area contributed by atoms with Crippen LogP contribution in [0.3, 0.4) is 0 Å². The van der Waals surface area contributed by atoms with E-state index >= 15 is 0 Å². The number of carbonyl (C=O) groups excluding carboxylic acids is 1. The van der Waals surface area contributed by atoms with Gasteiger partial charge in [-0.3, -0.25) is 0 Å². The van der Waals surface area contributed by atoms with E-state index in [0.717, 1.165) is 30.4 Å². The Morgan fingerprint density at radius 2 is 2.38 bits per heavy atom. The number of fused-ring (bicyclic) bond motifs is 1. The average Bonchev–Trinajstić information content (AvgIpc) is 2.97. The Hall–Kier alpha value is -2.11. The van der Waals surface area contributed by atoms with Crippen molar-refractivity contribution in [1.29, 1.82) is 0 Å². The van der Waals surface area contributed by atoms with E-state index in [1.807, 2.05) is 12.1 Å². The highest BCUT2D eigenvalue weighted by atomic mass is 16.1. The topological polar surface area (TPSA) is 73.6 Å². The van der Waals surface area contributed by atoms with Gasteiger partial charge in [-0.05, 0) is 34.9 Å². The first kappa shape index (κ1) is 9.14. The molecule has 1 aliphatic rings. The van der Waals surface area contributed by atoms with E-state index < -0.39 is 0 Å². The molecule has 0 radical (unpaired) electrons. The molecule has 0 N–H and O–H groups in total. The monoisotopic (exact) mass is 215 g/mol. The molecule has 6 heteroatoms. The second-order valence-corrected chi connectivity index (χ2v) is 3.74. The summed E-state index contributed by atoms with van der Waals surface area (Å²) < 4.78 is 1.51. The van der Waals surface area contributed by atoms with Crippen molar-refractivity contribution in [3.05, 3.63) is 29.7 Å². The lowest BCUT2D eigenvalue weighted by Gasteiger charge is -2.04. The Bertz CT molecular complexity index is 522. The highest BCUT2D eigenvalue weighted by molar-refractivity contribution is 5.64. The van der Waals surface area contributed by atoms with Crippen molar-refractivity contribution in [2.75, 3.05) is 0 Å². The Morgan fingerprint density at radius 1 is 1.44 bits per heavy atom. The Kier molecular flexibility index (Phi) is 1.99. The average molecular weight is 215 g/mol. The van der Waals surface area contributed by atoms with Crippen LogP contribution in [-0.2, 0) is 11.2 Å². The Labute approximate surface area is 91.3 Å². The second kappa shape index (κ2) is 3.48. The summed E-state index contributed by atoms with van der Waals surface area (Å²) in [4.78, 5) is 15.3. The van der Waals surface area contributed by atoms with Gasteiger partial charge < -0.3 is 4.79 Å². The molecule has 0 amide bonds. The maximum absolute atomic E-state index is 10.8. The van der Waals surface area contributed by atoms with Crippen LogP contribution in [0.25, 0.3) is 5.82 Å². The van der Waals surface area contributed by atoms with Crippen molar-refractivity contribution >= 4 is 6.29 Å². The highest BCUT2D eigenvalue weighted by Crippen LogP contribution is 2.30. The van der Waals surface area contributed by atoms with Crippen LogP contribution in [0.5, 0.6) is 0 Å². The van der Waals surface area contributed by atoms with Crippen molar-refractivity contribution in [3.8, 4) is 5.82 Å². The molecule has 80 valence electrons. The molecular formula is C10H9N5O. The third-order valence-electron chi connectivity index (χ3n) is 2.83. The van der Waals surface area contributed by atoms with E-state index in [4.69, 9.17) is 0 Å². The predicted octanol–water partition coefficient (Wildman–Crippen LogP) is 0.286. The molecule has 0 spiro atoms. The quantitative estimate of drug-likeness (QED) is 0.673. The maximum Gasteiger partial charge on any atom is 0.157 e. The van der Waals surface area contributed by atoms with Crippen LogP contribution < -0.4 is 0 Å². The number of pyridine rings is 1. The summed E-state index contributed by atoms with van der Waals surface area (Å²) in [7, 11) is 0. The van der Waals surface area contributed by atoms with E-state index in [9.17, 15) is 4.79 Å². The molecule has 0 fully saturated rings. The van der Waals surface area contributed by atoms with Gasteiger partial charge in [0.05, 0.1) is 0 Å². The molecule has 2 aromatic heterocycles. The van der Waals surface area contributed by atoms with Gasteiger partial charge in [0.25, 0.3) is 0 Å². The van der Waals surface area contributed by atoms with E-state index in [-0.39, 0.29) is 5.92 Å². The fourth-order valence-electron chi connectivity index (χ4n) is 2.02. The fraction of sp³-hybridized carbons (Fsp3) is 0.300. The van der Waals surface area contributed by atoms with Crippen LogP contribution >= 0.6 is 0 Å². The van der Waals surface area contributed by atoms with Crippen molar-refractivity contribution < 1.29 is 4.79 Å². The van der Waals surface area contributed by atoms with Crippen LogP contribution in [0, 0.1) is 0 Å². The van der Waals surface area contributed by atoms with Crippen molar-refractivity contribution in [2.45, 2.75) is 18.8 Å². The normalized spacial score (nSPS) is 18.4. The minimum Gasteiger partial charge on any atom is -0.303 e. The summed E-state index contributed by atoms with van der Waals surface area (Å²) in [5.74, 6) is 0.695. The molecule has 0 saturated heterocycles. The van der Waals surface area contributed by atoms with Crippen molar-refractivity contribution in [3.63, 3.8) is 0 Å². The number of carbonyl (C=O) groups is 1. The molecule has 1 aliphatic carbocycles. The van der Waals surface area contributed by atoms with E-state index in [2.05, 4.69) is 20.5 Å². The van der Waals surface area contributed by atoms with Crippen LogP contribution in [0.1, 0.15) is 23.6 Å². The molecule has 0 saturated carbocycles. The van der Waals surface area contributed by atoms with Gasteiger partial charge in [-0.25, -0.2) is 4.98 Å². The highest BCUT2D eigenvalue weighted by Gasteiger charge is 2.23. The number of nitrogens with zero attached hydrogens (tertiary/aromatic N) is 5. The lowest BCUT2D eigenvalue weighted by Crippen LogP contribution is -2.02. The molecular weight excluding hydrogens is 206 g/mol. The number of aldehydes is 1. The smallest absolute Gasteiger partial charge is 0.157 e. The summed E-state index contributed by atoms with van der Waals surface area (Å²) in [6.07, 6.45) is 4.19. The van der Waals surface area contributed by atoms with Gasteiger partial charge in [-0.1, -0.05) is 6.07 Å². The standard InChI is InChI=1S/C10H9N5O/c16-5-7-1-3-9-8(7)2-4-10(12-9)15-6-11-13-14-15/h2,4-7H,1,3H2. The number of hydrogen-bond acceptors (Lipinski definition) is 5. The number of aryl methyl sites for hydroxylation is 1. The van der Waals surface area contributed by atoms with Gasteiger partial charge in [0.1, 0.15) is 12.6 Å². The summed E-state index contributed by atoms with van der Waals surface area (Å²) in [5.41, 5.74) is 2.01. The first-order valence-electron chi connectivity index (χ1n) is 5.07. The third kappa shape index (κ3) is 1.30. The summed E-state index contributed by atoms with van der Waals surface area (Å²) in [5, 5.41) is 10.9. The van der Waals surface area contributed by atoms with Gasteiger partial charge in [0.15, 0.2) is 5.82 Å². The minimum absolute atomic E-state index is 0.00502. The third-order valence-corrected chi connectivity index (χ3v) is 2.83. The number of aromatic nitrogens is 5. The lowest BCUT2D eigenvalue weighted by atomic mass is 10.1. The maximum atomic E-state index is 10.8. The molecule has 6 nitrogen and oxygen atoms in total. The van der Waals surface area contributed by atoms with E-state index in [1.54, 1.807) is 0 Å². The molecule has 16 heavy (non-hydrogen) atoms. The molecule has 0 bridgehead atoms. The Balaban J connectivity index is 2.04. The molecule has 1 unspecified atom stereocenters. The van der Waals surface area contributed by atoms with Gasteiger partial charge >= 0.3 is 0 Å². The predicted molar refractivity (Wildman–Crippen MR) is 54.1 cm³/mol. The Morgan fingerprint density at radius 3 is 3.12 bits per heavy atom. The first-order chi connectivity index (χ1) is 7.88. The first-order valence-corrected chi connectivity index (χ1v) is 5.07. The van der Waals surface area contributed by atoms with Crippen molar-refractivity contribution in [1.82, 2.24) is 25.2 Å². The zero-order valence-electron chi connectivity index (χ0n) is 8.45. The van der Waals surface area contributed by atoms with E-state index in [1.165, 1.54) is 11.0 Å². The molecule has 1 atom stereocenters. The lowest BCUT2D eigenvalue weighted by molar-refractivity contribution is -0.109. The largest absolute Gasteiger partial charge is 0.303 e. The van der Waals surface area contributed by atoms with Gasteiger partial charge in [0.2, 0.25) is 0 Å². The van der Waals surface area contributed by atoms with Gasteiger partial charge in [-0.2, -0.15) is 4.68 Å². The molecule has 2 heterocycles. The van der Waals surface area contributed by atoms with Gasteiger partial charge in [0, 0.05) is 11.6 Å². The zero-order valence-corrected chi connectivity index (χ0v) is 8.45. The summed E-state index contributed by atoms with van der Waals surface area (Å²) >= 11 is 0. The zero-order chi connectivity index (χ0) is 11.0. The summed E-state index contributed by atoms with van der Waals surface area (Å²) in [6.45, 7) is 0. The van der Waals surface area contributed by atoms with Crippen LogP contribution in [0.2, 0.25) is 0 Å². The van der Waals surface area contributed by atoms with E-state index in [0.29, 0.717) is 5.82 Å². The number of rotatable bonds is 2. The van der Waals surface area contributed by atoms with Crippen LogP contribution in [0.4, 0.5) is 0 Å². The molecule has 0 aromatic carbocycles. The van der Waals surface area contributed by atoms with Crippen molar-refractivity contribution in [2.24, 2.45) is 0 Å². The second-order valence-electron chi connectivity index (χ2n) is 3.74. The fourth-order valence-corrected chi connectivity index (χ4v) is 2.02. The summed E-state index contributed by atoms with van der Waals surface area (Å²) in [6, 6.07) is 3.77. The van der Waals surface area contributed by atoms with Crippen LogP contribution in [0.15, 0.2) is 18.5 Å². The van der Waals surface area contributed by atoms with Gasteiger partial charge in [-0.15, -0.1) is 5.10 Å². The number of hydrogen-bond donors (Lipinski definition) is 0. The molecule has 3 rings (SSSR count). The minimum atomic E-state index is 0.00502. The molecule has 2 aromatic rings. The SMILES string of the molecule is O=CC1CCc2nc(-n3cnnn3)ccc21. The van der Waals surface area contributed by atoms with Crippen LogP contribution in [-0.4, -0.2) is 31.5 Å².